The van der Waals surface area contributed by atoms with E-state index in [-0.39, 0.29) is 16.9 Å². The summed E-state index contributed by atoms with van der Waals surface area (Å²) in [5.41, 5.74) is 1.01. The molecule has 13 heavy (non-hydrogen) atoms. The number of Topliss-reactive ketones (excluding diaryl/α,β-unsaturated/α-hetero) is 1. The number of hydrogen-bond acceptors (Lipinski definition) is 1. The van der Waals surface area contributed by atoms with Crippen LogP contribution in [0.3, 0.4) is 0 Å². The fourth-order valence-electron chi connectivity index (χ4n) is 0.883. The second-order valence-corrected chi connectivity index (χ2v) is 4.34. The molecule has 4 heteroatoms. The summed E-state index contributed by atoms with van der Waals surface area (Å²) in [4.78, 5) is 11.2. The van der Waals surface area contributed by atoms with Crippen LogP contribution in [0.4, 0.5) is 4.39 Å². The molecule has 0 heterocycles. The van der Waals surface area contributed by atoms with Gasteiger partial charge >= 0.3 is 0 Å². The van der Waals surface area contributed by atoms with E-state index < -0.39 is 0 Å². The molecule has 1 aromatic rings. The van der Waals surface area contributed by atoms with Crippen molar-refractivity contribution >= 4 is 44.3 Å². The first-order valence-corrected chi connectivity index (χ1v) is 5.81. The average molecular weight is 357 g/mol. The van der Waals surface area contributed by atoms with Gasteiger partial charge in [0, 0.05) is 9.13 Å². The Morgan fingerprint density at radius 2 is 2.23 bits per heavy atom. The van der Waals surface area contributed by atoms with Gasteiger partial charge in [-0.15, -0.1) is 0 Å². The molecule has 1 aromatic carbocycles. The summed E-state index contributed by atoms with van der Waals surface area (Å²) < 4.78 is 13.9. The Bertz CT molecular complexity index is 328. The second-order valence-electron chi connectivity index (χ2n) is 2.62. The van der Waals surface area contributed by atoms with Gasteiger partial charge in [0.1, 0.15) is 5.82 Å². The molecule has 0 aliphatic rings. The normalized spacial score (nSPS) is 10.2. The first-order chi connectivity index (χ1) is 6.06. The third kappa shape index (κ3) is 2.49. The smallest absolute Gasteiger partial charge is 0.173 e. The van der Waals surface area contributed by atoms with Gasteiger partial charge in [-0.3, -0.25) is 4.79 Å². The molecule has 0 radical (unpaired) electrons. The van der Waals surface area contributed by atoms with Crippen LogP contribution in [0.1, 0.15) is 15.9 Å². The van der Waals surface area contributed by atoms with Crippen LogP contribution in [0.2, 0.25) is 0 Å². The first-order valence-electron chi connectivity index (χ1n) is 3.61. The summed E-state index contributed by atoms with van der Waals surface area (Å²) in [5, 5.41) is 0.228. The summed E-state index contributed by atoms with van der Waals surface area (Å²) in [7, 11) is 0. The lowest BCUT2D eigenvalue weighted by Crippen LogP contribution is -2.02. The number of alkyl halides is 1. The Balaban J connectivity index is 3.20. The van der Waals surface area contributed by atoms with Crippen LogP contribution in [-0.2, 0) is 0 Å². The summed E-state index contributed by atoms with van der Waals surface area (Å²) in [6.07, 6.45) is 0. The van der Waals surface area contributed by atoms with Gasteiger partial charge in [0.2, 0.25) is 0 Å². The van der Waals surface area contributed by atoms with E-state index in [2.05, 4.69) is 15.9 Å². The molecule has 0 fully saturated rings. The van der Waals surface area contributed by atoms with Crippen molar-refractivity contribution in [2.45, 2.75) is 6.92 Å². The van der Waals surface area contributed by atoms with Gasteiger partial charge < -0.3 is 0 Å². The minimum absolute atomic E-state index is 0.100. The standard InChI is InChI=1S/C9H7BrFIO/c1-5-7(11)2-6(3-8(5)12)9(13)4-10/h2-3H,4H2,1H3. The van der Waals surface area contributed by atoms with Gasteiger partial charge in [-0.1, -0.05) is 15.9 Å². The van der Waals surface area contributed by atoms with E-state index in [4.69, 9.17) is 0 Å². The lowest BCUT2D eigenvalue weighted by molar-refractivity contribution is 0.102. The predicted octanol–water partition coefficient (Wildman–Crippen LogP) is 3.32. The number of carbonyl (C=O) groups is 1. The maximum absolute atomic E-state index is 13.2. The predicted molar refractivity (Wildman–Crippen MR) is 62.0 cm³/mol. The van der Waals surface area contributed by atoms with Gasteiger partial charge in [0.25, 0.3) is 0 Å². The fourth-order valence-corrected chi connectivity index (χ4v) is 1.80. The monoisotopic (exact) mass is 356 g/mol. The molecule has 0 saturated heterocycles. The quantitative estimate of drug-likeness (QED) is 0.451. The maximum atomic E-state index is 13.2. The topological polar surface area (TPSA) is 17.1 Å². The zero-order valence-electron chi connectivity index (χ0n) is 6.90. The van der Waals surface area contributed by atoms with Crippen molar-refractivity contribution in [2.75, 3.05) is 5.33 Å². The highest BCUT2D eigenvalue weighted by Crippen LogP contribution is 2.18. The third-order valence-corrected chi connectivity index (χ3v) is 3.35. The lowest BCUT2D eigenvalue weighted by atomic mass is 10.1. The summed E-state index contributed by atoms with van der Waals surface area (Å²) in [6.45, 7) is 1.69. The zero-order chi connectivity index (χ0) is 10.0. The van der Waals surface area contributed by atoms with Crippen molar-refractivity contribution in [1.82, 2.24) is 0 Å². The Kier molecular flexibility index (Phi) is 3.85. The molecule has 0 amide bonds. The van der Waals surface area contributed by atoms with Gasteiger partial charge in [-0.05, 0) is 47.2 Å². The van der Waals surface area contributed by atoms with Crippen LogP contribution in [-0.4, -0.2) is 11.1 Å². The van der Waals surface area contributed by atoms with Crippen molar-refractivity contribution in [3.8, 4) is 0 Å². The first kappa shape index (κ1) is 11.1. The van der Waals surface area contributed by atoms with Gasteiger partial charge in [-0.2, -0.15) is 0 Å². The Labute approximate surface area is 98.0 Å². The summed E-state index contributed by atoms with van der Waals surface area (Å²) in [6, 6.07) is 2.98. The summed E-state index contributed by atoms with van der Waals surface area (Å²) in [5.74, 6) is -0.423. The molecule has 0 unspecified atom stereocenters. The van der Waals surface area contributed by atoms with Crippen molar-refractivity contribution < 1.29 is 9.18 Å². The molecular weight excluding hydrogens is 350 g/mol. The van der Waals surface area contributed by atoms with Crippen LogP contribution in [0.5, 0.6) is 0 Å². The maximum Gasteiger partial charge on any atom is 0.173 e. The average Bonchev–Trinajstić information content (AvgIpc) is 2.12. The van der Waals surface area contributed by atoms with Crippen LogP contribution >= 0.6 is 38.5 Å². The molecule has 0 aliphatic carbocycles. The molecule has 0 saturated carbocycles. The largest absolute Gasteiger partial charge is 0.293 e. The van der Waals surface area contributed by atoms with E-state index >= 15 is 0 Å². The van der Waals surface area contributed by atoms with E-state index in [1.54, 1.807) is 13.0 Å². The van der Waals surface area contributed by atoms with Gasteiger partial charge in [0.05, 0.1) is 5.33 Å². The van der Waals surface area contributed by atoms with Gasteiger partial charge in [0.15, 0.2) is 5.78 Å². The van der Waals surface area contributed by atoms with Crippen LogP contribution in [0, 0.1) is 16.3 Å². The van der Waals surface area contributed by atoms with Crippen molar-refractivity contribution in [3.05, 3.63) is 32.6 Å². The molecule has 0 atom stereocenters. The third-order valence-electron chi connectivity index (χ3n) is 1.72. The number of benzene rings is 1. The minimum Gasteiger partial charge on any atom is -0.293 e. The number of carbonyl (C=O) groups excluding carboxylic acids is 1. The highest BCUT2D eigenvalue weighted by molar-refractivity contribution is 14.1. The molecule has 70 valence electrons. The van der Waals surface area contributed by atoms with Crippen molar-refractivity contribution in [2.24, 2.45) is 0 Å². The minimum atomic E-state index is -0.323. The van der Waals surface area contributed by atoms with E-state index in [1.807, 2.05) is 22.6 Å². The van der Waals surface area contributed by atoms with Crippen LogP contribution in [0.25, 0.3) is 0 Å². The van der Waals surface area contributed by atoms with Crippen LogP contribution in [0.15, 0.2) is 12.1 Å². The van der Waals surface area contributed by atoms with E-state index in [0.29, 0.717) is 11.1 Å². The molecule has 0 spiro atoms. The highest BCUT2D eigenvalue weighted by atomic mass is 127. The molecular formula is C9H7BrFIO. The second kappa shape index (κ2) is 4.50. The Hall–Kier alpha value is 0.0300. The van der Waals surface area contributed by atoms with E-state index in [9.17, 15) is 9.18 Å². The van der Waals surface area contributed by atoms with E-state index in [1.165, 1.54) is 6.07 Å². The number of halogens is 3. The molecule has 0 bridgehead atoms. The number of ketones is 1. The van der Waals surface area contributed by atoms with Crippen LogP contribution < -0.4 is 0 Å². The number of rotatable bonds is 2. The molecule has 0 aliphatic heterocycles. The lowest BCUT2D eigenvalue weighted by Gasteiger charge is -2.03. The highest BCUT2D eigenvalue weighted by Gasteiger charge is 2.09. The van der Waals surface area contributed by atoms with Crippen molar-refractivity contribution in [1.29, 1.82) is 0 Å². The SMILES string of the molecule is Cc1c(F)cc(C(=O)CBr)cc1I. The fraction of sp³-hybridized carbons (Fsp3) is 0.222. The Morgan fingerprint density at radius 3 is 2.69 bits per heavy atom. The zero-order valence-corrected chi connectivity index (χ0v) is 10.6. The molecule has 1 rings (SSSR count). The molecule has 1 nitrogen and oxygen atoms in total. The van der Waals surface area contributed by atoms with Gasteiger partial charge in [-0.25, -0.2) is 4.39 Å². The Morgan fingerprint density at radius 1 is 1.62 bits per heavy atom. The molecule has 0 aromatic heterocycles. The summed E-state index contributed by atoms with van der Waals surface area (Å²) >= 11 is 5.06. The van der Waals surface area contributed by atoms with Crippen molar-refractivity contribution in [3.63, 3.8) is 0 Å². The number of hydrogen-bond donors (Lipinski definition) is 0. The van der Waals surface area contributed by atoms with E-state index in [0.717, 1.165) is 3.57 Å². The molecule has 0 N–H and O–H groups in total.